The van der Waals surface area contributed by atoms with E-state index in [1.165, 1.54) is 23.7 Å². The van der Waals surface area contributed by atoms with E-state index in [2.05, 4.69) is 43.5 Å². The quantitative estimate of drug-likeness (QED) is 0.206. The van der Waals surface area contributed by atoms with Gasteiger partial charge < -0.3 is 19.1 Å². The Bertz CT molecular complexity index is 1850. The Balaban J connectivity index is 0.909. The molecule has 1 N–H and O–H groups in total. The van der Waals surface area contributed by atoms with Crippen molar-refractivity contribution in [3.05, 3.63) is 83.4 Å². The monoisotopic (exact) mass is 606 g/mol. The number of fused-ring (bicyclic) bond motifs is 2. The molecule has 2 saturated heterocycles. The second kappa shape index (κ2) is 11.9. The van der Waals surface area contributed by atoms with Gasteiger partial charge in [0.05, 0.1) is 47.5 Å². The summed E-state index contributed by atoms with van der Waals surface area (Å²) in [5.41, 5.74) is 5.35. The van der Waals surface area contributed by atoms with Crippen LogP contribution in [0.2, 0.25) is 0 Å². The minimum atomic E-state index is -0.926. The number of hydrogen-bond donors (Lipinski definition) is 1. The molecule has 0 radical (unpaired) electrons. The fourth-order valence-electron chi connectivity index (χ4n) is 6.64. The standard InChI is InChI=1S/C35H38N6O4/c42-35(43)26-8-9-30-32(17-26)40(20-28-12-15-44-28)33(37-30)21-39-13-10-25(11-14-39)29-2-1-3-34(38-29)45-22-24-6-7-27-18-36-41(31(27)16-24)19-23-4-5-23/h1-3,6-9,16-18,23,25,28H,4-5,10-15,19-22H2,(H,42,43). The predicted molar refractivity (Wildman–Crippen MR) is 169 cm³/mol. The average Bonchev–Trinajstić information content (AvgIpc) is 3.68. The van der Waals surface area contributed by atoms with Gasteiger partial charge in [-0.05, 0) is 87.0 Å². The van der Waals surface area contributed by atoms with E-state index in [4.69, 9.17) is 19.4 Å². The first-order valence-corrected chi connectivity index (χ1v) is 16.2. The van der Waals surface area contributed by atoms with Gasteiger partial charge in [0.15, 0.2) is 0 Å². The minimum absolute atomic E-state index is 0.152. The minimum Gasteiger partial charge on any atom is -0.478 e. The van der Waals surface area contributed by atoms with Gasteiger partial charge in [-0.15, -0.1) is 0 Å². The van der Waals surface area contributed by atoms with Crippen LogP contribution in [0, 0.1) is 5.92 Å². The molecule has 8 rings (SSSR count). The lowest BCUT2D eigenvalue weighted by Crippen LogP contribution is -2.35. The van der Waals surface area contributed by atoms with Crippen molar-refractivity contribution >= 4 is 27.9 Å². The largest absolute Gasteiger partial charge is 0.478 e. The zero-order valence-electron chi connectivity index (χ0n) is 25.3. The van der Waals surface area contributed by atoms with E-state index >= 15 is 0 Å². The Hall–Kier alpha value is -4.28. The molecule has 5 aromatic rings. The highest BCUT2D eigenvalue weighted by atomic mass is 16.5. The number of ether oxygens (including phenoxy) is 2. The summed E-state index contributed by atoms with van der Waals surface area (Å²) in [4.78, 5) is 23.9. The molecule has 1 atom stereocenters. The van der Waals surface area contributed by atoms with Crippen LogP contribution in [0.3, 0.4) is 0 Å². The Morgan fingerprint density at radius 2 is 1.82 bits per heavy atom. The first-order valence-electron chi connectivity index (χ1n) is 16.2. The number of benzene rings is 2. The molecular weight excluding hydrogens is 568 g/mol. The van der Waals surface area contributed by atoms with E-state index < -0.39 is 5.97 Å². The first-order chi connectivity index (χ1) is 22.1. The lowest BCUT2D eigenvalue weighted by Gasteiger charge is -2.32. The fraction of sp³-hybridized carbons (Fsp3) is 0.429. The molecule has 1 unspecified atom stereocenters. The van der Waals surface area contributed by atoms with Crippen LogP contribution in [0.15, 0.2) is 60.8 Å². The molecule has 232 valence electrons. The third-order valence-corrected chi connectivity index (χ3v) is 9.59. The van der Waals surface area contributed by atoms with Gasteiger partial charge in [0.25, 0.3) is 0 Å². The van der Waals surface area contributed by atoms with E-state index in [0.717, 1.165) is 86.1 Å². The summed E-state index contributed by atoms with van der Waals surface area (Å²) in [7, 11) is 0. The summed E-state index contributed by atoms with van der Waals surface area (Å²) in [5.74, 6) is 1.84. The maximum atomic E-state index is 11.6. The molecule has 10 heteroatoms. The lowest BCUT2D eigenvalue weighted by molar-refractivity contribution is -0.0592. The summed E-state index contributed by atoms with van der Waals surface area (Å²) < 4.78 is 16.2. The predicted octanol–water partition coefficient (Wildman–Crippen LogP) is 5.64. The molecule has 10 nitrogen and oxygen atoms in total. The van der Waals surface area contributed by atoms with Crippen LogP contribution in [0.5, 0.6) is 5.88 Å². The van der Waals surface area contributed by atoms with Gasteiger partial charge in [-0.25, -0.2) is 14.8 Å². The molecule has 45 heavy (non-hydrogen) atoms. The normalized spacial score (nSPS) is 19.2. The summed E-state index contributed by atoms with van der Waals surface area (Å²) >= 11 is 0. The summed E-state index contributed by atoms with van der Waals surface area (Å²) in [6.07, 6.45) is 7.75. The third kappa shape index (κ3) is 6.04. The number of nitrogens with zero attached hydrogens (tertiary/aromatic N) is 6. The van der Waals surface area contributed by atoms with Gasteiger partial charge in [0, 0.05) is 36.2 Å². The van der Waals surface area contributed by atoms with Crippen molar-refractivity contribution in [3.63, 3.8) is 0 Å². The van der Waals surface area contributed by atoms with Crippen molar-refractivity contribution in [1.29, 1.82) is 0 Å². The Kier molecular flexibility index (Phi) is 7.46. The molecule has 0 spiro atoms. The molecule has 0 bridgehead atoms. The molecular formula is C35H38N6O4. The highest BCUT2D eigenvalue weighted by Gasteiger charge is 2.26. The fourth-order valence-corrected chi connectivity index (χ4v) is 6.64. The number of carboxylic acids is 1. The van der Waals surface area contributed by atoms with Crippen LogP contribution in [-0.2, 0) is 31.0 Å². The number of carbonyl (C=O) groups is 1. The van der Waals surface area contributed by atoms with E-state index in [1.54, 1.807) is 12.1 Å². The van der Waals surface area contributed by atoms with E-state index in [9.17, 15) is 9.90 Å². The van der Waals surface area contributed by atoms with Crippen LogP contribution in [0.1, 0.15) is 65.5 Å². The van der Waals surface area contributed by atoms with Gasteiger partial charge in [0.2, 0.25) is 5.88 Å². The molecule has 0 amide bonds. The third-order valence-electron chi connectivity index (χ3n) is 9.59. The average molecular weight is 607 g/mol. The number of rotatable bonds is 11. The molecule has 2 aromatic carbocycles. The van der Waals surface area contributed by atoms with Crippen LogP contribution >= 0.6 is 0 Å². The molecule has 3 aromatic heterocycles. The number of piperidine rings is 1. The molecule has 1 saturated carbocycles. The van der Waals surface area contributed by atoms with E-state index in [-0.39, 0.29) is 11.7 Å². The second-order valence-corrected chi connectivity index (χ2v) is 12.8. The number of imidazole rings is 1. The highest BCUT2D eigenvalue weighted by molar-refractivity contribution is 5.92. The number of hydrogen-bond acceptors (Lipinski definition) is 7. The highest BCUT2D eigenvalue weighted by Crippen LogP contribution is 2.32. The first kappa shape index (κ1) is 28.2. The van der Waals surface area contributed by atoms with Crippen molar-refractivity contribution in [2.75, 3.05) is 19.7 Å². The van der Waals surface area contributed by atoms with E-state index in [0.29, 0.717) is 24.9 Å². The molecule has 5 heterocycles. The van der Waals surface area contributed by atoms with Crippen molar-refractivity contribution in [3.8, 4) is 5.88 Å². The summed E-state index contributed by atoms with van der Waals surface area (Å²) in [5, 5.41) is 15.3. The van der Waals surface area contributed by atoms with Gasteiger partial charge in [-0.1, -0.05) is 18.2 Å². The van der Waals surface area contributed by atoms with Gasteiger partial charge in [-0.3, -0.25) is 9.58 Å². The zero-order chi connectivity index (χ0) is 30.3. The van der Waals surface area contributed by atoms with Gasteiger partial charge in [-0.2, -0.15) is 5.10 Å². The van der Waals surface area contributed by atoms with Crippen LogP contribution in [0.4, 0.5) is 0 Å². The summed E-state index contributed by atoms with van der Waals surface area (Å²) in [6, 6.07) is 17.7. The van der Waals surface area contributed by atoms with Gasteiger partial charge in [0.1, 0.15) is 12.4 Å². The number of aromatic carboxylic acids is 1. The molecule has 3 fully saturated rings. The maximum absolute atomic E-state index is 11.6. The smallest absolute Gasteiger partial charge is 0.335 e. The number of pyridine rings is 1. The molecule has 2 aliphatic heterocycles. The van der Waals surface area contributed by atoms with Crippen molar-refractivity contribution in [2.24, 2.45) is 5.92 Å². The number of likely N-dealkylation sites (tertiary alicyclic amines) is 1. The summed E-state index contributed by atoms with van der Waals surface area (Å²) in [6.45, 7) is 5.55. The zero-order valence-corrected chi connectivity index (χ0v) is 25.3. The number of carboxylic acid groups (broad SMARTS) is 1. The molecule has 1 aliphatic carbocycles. The SMILES string of the molecule is O=C(O)c1ccc2nc(CN3CCC(c4cccc(OCc5ccc6cnn(CC7CC7)c6c5)n4)CC3)n(CC3CCO3)c2c1. The van der Waals surface area contributed by atoms with Crippen molar-refractivity contribution < 1.29 is 19.4 Å². The topological polar surface area (TPSA) is 108 Å². The molecule has 3 aliphatic rings. The Labute approximate surface area is 261 Å². The Morgan fingerprint density at radius 1 is 0.956 bits per heavy atom. The van der Waals surface area contributed by atoms with Crippen molar-refractivity contribution in [2.45, 2.75) is 70.4 Å². The maximum Gasteiger partial charge on any atom is 0.335 e. The van der Waals surface area contributed by atoms with Crippen molar-refractivity contribution in [1.82, 2.24) is 29.2 Å². The van der Waals surface area contributed by atoms with Crippen LogP contribution < -0.4 is 4.74 Å². The van der Waals surface area contributed by atoms with Gasteiger partial charge >= 0.3 is 5.97 Å². The van der Waals surface area contributed by atoms with Crippen LogP contribution in [-0.4, -0.2) is 66.1 Å². The number of aromatic nitrogens is 5. The van der Waals surface area contributed by atoms with E-state index in [1.807, 2.05) is 24.4 Å². The lowest BCUT2D eigenvalue weighted by atomic mass is 9.93. The Morgan fingerprint density at radius 3 is 2.60 bits per heavy atom. The van der Waals surface area contributed by atoms with Crippen LogP contribution in [0.25, 0.3) is 21.9 Å². The second-order valence-electron chi connectivity index (χ2n) is 12.8.